The number of nitrogens with one attached hydrogen (secondary N) is 1. The maximum absolute atomic E-state index is 5.29. The van der Waals surface area contributed by atoms with E-state index < -0.39 is 0 Å². The minimum Gasteiger partial charge on any atom is -0.424 e. The molecule has 0 bridgehead atoms. The topological polar surface area (TPSA) is 51.0 Å². The van der Waals surface area contributed by atoms with Crippen molar-refractivity contribution in [2.75, 3.05) is 0 Å². The van der Waals surface area contributed by atoms with E-state index in [1.807, 2.05) is 11.3 Å². The Labute approximate surface area is 98.7 Å². The van der Waals surface area contributed by atoms with Gasteiger partial charge in [0.15, 0.2) is 0 Å². The fourth-order valence-electron chi connectivity index (χ4n) is 1.44. The Bertz CT molecular complexity index is 463. The minimum atomic E-state index is 0.311. The monoisotopic (exact) mass is 237 g/mol. The van der Waals surface area contributed by atoms with Crippen LogP contribution in [0.4, 0.5) is 0 Å². The van der Waals surface area contributed by atoms with E-state index in [0.29, 0.717) is 24.4 Å². The van der Waals surface area contributed by atoms with Crippen molar-refractivity contribution in [3.8, 4) is 0 Å². The van der Waals surface area contributed by atoms with E-state index in [0.717, 1.165) is 0 Å². The van der Waals surface area contributed by atoms with Gasteiger partial charge in [-0.1, -0.05) is 0 Å². The summed E-state index contributed by atoms with van der Waals surface area (Å²) in [6.45, 7) is 6.65. The van der Waals surface area contributed by atoms with E-state index in [-0.39, 0.29) is 0 Å². The molecule has 0 radical (unpaired) electrons. The summed E-state index contributed by atoms with van der Waals surface area (Å²) < 4.78 is 5.29. The van der Waals surface area contributed by atoms with Crippen LogP contribution in [-0.2, 0) is 6.54 Å². The molecule has 0 aliphatic heterocycles. The van der Waals surface area contributed by atoms with Gasteiger partial charge in [-0.15, -0.1) is 21.5 Å². The highest BCUT2D eigenvalue weighted by atomic mass is 32.1. The molecule has 4 nitrogen and oxygen atoms in total. The fraction of sp³-hybridized carbons (Fsp3) is 0.455. The number of aryl methyl sites for hydroxylation is 2. The lowest BCUT2D eigenvalue weighted by molar-refractivity contribution is 0.432. The molecule has 16 heavy (non-hydrogen) atoms. The molecule has 1 N–H and O–H groups in total. The van der Waals surface area contributed by atoms with Crippen LogP contribution in [-0.4, -0.2) is 10.2 Å². The number of nitrogens with zero attached hydrogens (tertiary/aromatic N) is 2. The Morgan fingerprint density at radius 1 is 1.38 bits per heavy atom. The van der Waals surface area contributed by atoms with Crippen molar-refractivity contribution >= 4 is 11.3 Å². The molecule has 2 heterocycles. The third-order valence-electron chi connectivity index (χ3n) is 2.32. The molecule has 86 valence electrons. The first kappa shape index (κ1) is 11.3. The second-order valence-electron chi connectivity index (χ2n) is 3.77. The molecule has 0 aliphatic carbocycles. The molecule has 0 saturated carbocycles. The second kappa shape index (κ2) is 4.76. The normalized spacial score (nSPS) is 12.9. The van der Waals surface area contributed by atoms with Gasteiger partial charge in [-0.25, -0.2) is 0 Å². The first-order chi connectivity index (χ1) is 7.65. The van der Waals surface area contributed by atoms with Crippen molar-refractivity contribution < 1.29 is 4.42 Å². The smallest absolute Gasteiger partial charge is 0.230 e. The van der Waals surface area contributed by atoms with Crippen molar-refractivity contribution in [1.29, 1.82) is 0 Å². The van der Waals surface area contributed by atoms with Gasteiger partial charge in [0.1, 0.15) is 0 Å². The summed E-state index contributed by atoms with van der Waals surface area (Å²) in [5.41, 5.74) is 0. The third-order valence-corrected chi connectivity index (χ3v) is 3.50. The zero-order valence-electron chi connectivity index (χ0n) is 9.65. The van der Waals surface area contributed by atoms with Crippen LogP contribution >= 0.6 is 11.3 Å². The van der Waals surface area contributed by atoms with Gasteiger partial charge >= 0.3 is 0 Å². The molecule has 0 fully saturated rings. The summed E-state index contributed by atoms with van der Waals surface area (Å²) in [5, 5.41) is 11.1. The first-order valence-electron chi connectivity index (χ1n) is 5.24. The standard InChI is InChI=1S/C11H15N3OS/c1-7-4-5-10(16-7)8(2)12-6-11-14-13-9(3)15-11/h4-5,8,12H,6H2,1-3H3. The van der Waals surface area contributed by atoms with Gasteiger partial charge in [0.05, 0.1) is 6.54 Å². The van der Waals surface area contributed by atoms with Gasteiger partial charge in [0.2, 0.25) is 11.8 Å². The average Bonchev–Trinajstić information content (AvgIpc) is 2.84. The molecule has 2 rings (SSSR count). The molecule has 0 amide bonds. The van der Waals surface area contributed by atoms with Crippen LogP contribution in [0.2, 0.25) is 0 Å². The zero-order chi connectivity index (χ0) is 11.5. The lowest BCUT2D eigenvalue weighted by Gasteiger charge is -2.09. The van der Waals surface area contributed by atoms with Crippen molar-refractivity contribution in [3.63, 3.8) is 0 Å². The summed E-state index contributed by atoms with van der Waals surface area (Å²) in [5.74, 6) is 1.24. The van der Waals surface area contributed by atoms with Gasteiger partial charge in [-0.05, 0) is 26.0 Å². The number of thiophene rings is 1. The number of rotatable bonds is 4. The van der Waals surface area contributed by atoms with Gasteiger partial charge in [0.25, 0.3) is 0 Å². The van der Waals surface area contributed by atoms with Crippen LogP contribution in [0.25, 0.3) is 0 Å². The molecule has 5 heteroatoms. The van der Waals surface area contributed by atoms with E-state index in [9.17, 15) is 0 Å². The molecule has 0 spiro atoms. The molecule has 1 unspecified atom stereocenters. The lowest BCUT2D eigenvalue weighted by atomic mass is 10.3. The Kier molecular flexibility index (Phi) is 3.36. The predicted octanol–water partition coefficient (Wildman–Crippen LogP) is 2.60. The predicted molar refractivity (Wildman–Crippen MR) is 63.3 cm³/mol. The van der Waals surface area contributed by atoms with Crippen LogP contribution < -0.4 is 5.32 Å². The van der Waals surface area contributed by atoms with Crippen molar-refractivity contribution in [2.24, 2.45) is 0 Å². The molecule has 2 aromatic heterocycles. The van der Waals surface area contributed by atoms with Gasteiger partial charge < -0.3 is 9.73 Å². The molecule has 0 aliphatic rings. The summed E-state index contributed by atoms with van der Waals surface area (Å²) >= 11 is 1.81. The first-order valence-corrected chi connectivity index (χ1v) is 6.05. The molecular formula is C11H15N3OS. The highest BCUT2D eigenvalue weighted by molar-refractivity contribution is 7.12. The highest BCUT2D eigenvalue weighted by Crippen LogP contribution is 2.22. The maximum atomic E-state index is 5.29. The van der Waals surface area contributed by atoms with E-state index in [1.54, 1.807) is 6.92 Å². The molecular weight excluding hydrogens is 222 g/mol. The van der Waals surface area contributed by atoms with E-state index in [1.165, 1.54) is 9.75 Å². The third kappa shape index (κ3) is 2.68. The van der Waals surface area contributed by atoms with E-state index >= 15 is 0 Å². The maximum Gasteiger partial charge on any atom is 0.230 e. The zero-order valence-corrected chi connectivity index (χ0v) is 10.5. The SMILES string of the molecule is Cc1nnc(CNC(C)c2ccc(C)s2)o1. The summed E-state index contributed by atoms with van der Waals surface area (Å²) in [6.07, 6.45) is 0. The fourth-order valence-corrected chi connectivity index (χ4v) is 2.34. The molecule has 2 aromatic rings. The highest BCUT2D eigenvalue weighted by Gasteiger charge is 2.09. The molecule has 1 atom stereocenters. The van der Waals surface area contributed by atoms with Crippen LogP contribution in [0.1, 0.15) is 34.5 Å². The van der Waals surface area contributed by atoms with E-state index in [4.69, 9.17) is 4.42 Å². The van der Waals surface area contributed by atoms with Crippen LogP contribution in [0, 0.1) is 13.8 Å². The summed E-state index contributed by atoms with van der Waals surface area (Å²) in [4.78, 5) is 2.66. The summed E-state index contributed by atoms with van der Waals surface area (Å²) in [6, 6.07) is 4.59. The Hall–Kier alpha value is -1.20. The van der Waals surface area contributed by atoms with Crippen molar-refractivity contribution in [3.05, 3.63) is 33.7 Å². The van der Waals surface area contributed by atoms with Gasteiger partial charge in [-0.3, -0.25) is 0 Å². The number of hydrogen-bond donors (Lipinski definition) is 1. The Morgan fingerprint density at radius 2 is 2.19 bits per heavy atom. The minimum absolute atomic E-state index is 0.311. The Morgan fingerprint density at radius 3 is 2.75 bits per heavy atom. The largest absolute Gasteiger partial charge is 0.424 e. The molecule has 0 aromatic carbocycles. The van der Waals surface area contributed by atoms with Crippen LogP contribution in [0.15, 0.2) is 16.5 Å². The van der Waals surface area contributed by atoms with Crippen molar-refractivity contribution in [1.82, 2.24) is 15.5 Å². The second-order valence-corrected chi connectivity index (χ2v) is 5.09. The molecule has 0 saturated heterocycles. The Balaban J connectivity index is 1.91. The quantitative estimate of drug-likeness (QED) is 0.888. The van der Waals surface area contributed by atoms with Crippen LogP contribution in [0.5, 0.6) is 0 Å². The lowest BCUT2D eigenvalue weighted by Crippen LogP contribution is -2.17. The van der Waals surface area contributed by atoms with E-state index in [2.05, 4.69) is 41.5 Å². The number of aromatic nitrogens is 2. The van der Waals surface area contributed by atoms with Gasteiger partial charge in [0, 0.05) is 22.7 Å². The average molecular weight is 237 g/mol. The summed E-state index contributed by atoms with van der Waals surface area (Å²) in [7, 11) is 0. The number of hydrogen-bond acceptors (Lipinski definition) is 5. The van der Waals surface area contributed by atoms with Crippen LogP contribution in [0.3, 0.4) is 0 Å². The van der Waals surface area contributed by atoms with Crippen molar-refractivity contribution in [2.45, 2.75) is 33.4 Å². The van der Waals surface area contributed by atoms with Gasteiger partial charge in [-0.2, -0.15) is 0 Å².